The SMILES string of the molecule is CCC(CN)C(=O)NCc1ccnc(C)n1. The average molecular weight is 222 g/mol. The van der Waals surface area contributed by atoms with Crippen LogP contribution in [0.15, 0.2) is 12.3 Å². The first-order valence-electron chi connectivity index (χ1n) is 5.43. The molecule has 1 amide bonds. The first-order valence-corrected chi connectivity index (χ1v) is 5.43. The number of carbonyl (C=O) groups excluding carboxylic acids is 1. The van der Waals surface area contributed by atoms with E-state index in [1.807, 2.05) is 13.8 Å². The van der Waals surface area contributed by atoms with Gasteiger partial charge in [0.1, 0.15) is 5.82 Å². The van der Waals surface area contributed by atoms with Crippen LogP contribution in [0.4, 0.5) is 0 Å². The van der Waals surface area contributed by atoms with Crippen LogP contribution in [0.1, 0.15) is 24.9 Å². The maximum absolute atomic E-state index is 11.6. The van der Waals surface area contributed by atoms with Crippen LogP contribution in [-0.2, 0) is 11.3 Å². The summed E-state index contributed by atoms with van der Waals surface area (Å²) in [5, 5.41) is 2.82. The van der Waals surface area contributed by atoms with Crippen molar-refractivity contribution in [2.45, 2.75) is 26.8 Å². The van der Waals surface area contributed by atoms with Gasteiger partial charge in [-0.05, 0) is 19.4 Å². The molecular formula is C11H18N4O. The molecule has 88 valence electrons. The third kappa shape index (κ3) is 3.58. The van der Waals surface area contributed by atoms with Gasteiger partial charge in [-0.15, -0.1) is 0 Å². The van der Waals surface area contributed by atoms with E-state index < -0.39 is 0 Å². The molecule has 0 aliphatic heterocycles. The molecule has 3 N–H and O–H groups in total. The summed E-state index contributed by atoms with van der Waals surface area (Å²) < 4.78 is 0. The number of hydrogen-bond donors (Lipinski definition) is 2. The Balaban J connectivity index is 2.48. The number of aromatic nitrogens is 2. The van der Waals surface area contributed by atoms with Crippen LogP contribution in [0.5, 0.6) is 0 Å². The number of rotatable bonds is 5. The van der Waals surface area contributed by atoms with Crippen molar-refractivity contribution in [3.8, 4) is 0 Å². The maximum Gasteiger partial charge on any atom is 0.224 e. The number of nitrogens with zero attached hydrogens (tertiary/aromatic N) is 2. The van der Waals surface area contributed by atoms with Crippen LogP contribution in [0.25, 0.3) is 0 Å². The molecule has 0 aromatic carbocycles. The molecule has 0 bridgehead atoms. The van der Waals surface area contributed by atoms with Gasteiger partial charge < -0.3 is 11.1 Å². The van der Waals surface area contributed by atoms with Gasteiger partial charge in [-0.1, -0.05) is 6.92 Å². The lowest BCUT2D eigenvalue weighted by Gasteiger charge is -2.12. The molecule has 0 aliphatic rings. The summed E-state index contributed by atoms with van der Waals surface area (Å²) in [4.78, 5) is 19.8. The molecule has 5 heteroatoms. The maximum atomic E-state index is 11.6. The third-order valence-corrected chi connectivity index (χ3v) is 2.43. The number of hydrogen-bond acceptors (Lipinski definition) is 4. The fraction of sp³-hybridized carbons (Fsp3) is 0.545. The fourth-order valence-electron chi connectivity index (χ4n) is 1.38. The molecule has 1 unspecified atom stereocenters. The van der Waals surface area contributed by atoms with E-state index in [0.717, 1.165) is 12.1 Å². The highest BCUT2D eigenvalue weighted by molar-refractivity contribution is 5.78. The molecule has 0 spiro atoms. The van der Waals surface area contributed by atoms with Crippen LogP contribution in [0.2, 0.25) is 0 Å². The number of nitrogens with one attached hydrogen (secondary N) is 1. The van der Waals surface area contributed by atoms with Crippen molar-refractivity contribution in [2.75, 3.05) is 6.54 Å². The van der Waals surface area contributed by atoms with Gasteiger partial charge in [-0.2, -0.15) is 0 Å². The van der Waals surface area contributed by atoms with Crippen LogP contribution < -0.4 is 11.1 Å². The van der Waals surface area contributed by atoms with Crippen LogP contribution in [0.3, 0.4) is 0 Å². The molecule has 0 saturated heterocycles. The monoisotopic (exact) mass is 222 g/mol. The number of carbonyl (C=O) groups is 1. The first kappa shape index (κ1) is 12.6. The molecule has 0 fully saturated rings. The van der Waals surface area contributed by atoms with Crippen molar-refractivity contribution in [3.05, 3.63) is 23.8 Å². The molecule has 5 nitrogen and oxygen atoms in total. The predicted molar refractivity (Wildman–Crippen MR) is 61.5 cm³/mol. The summed E-state index contributed by atoms with van der Waals surface area (Å²) in [6, 6.07) is 1.79. The Bertz CT molecular complexity index is 350. The van der Waals surface area contributed by atoms with Crippen molar-refractivity contribution < 1.29 is 4.79 Å². The minimum atomic E-state index is -0.108. The quantitative estimate of drug-likeness (QED) is 0.755. The van der Waals surface area contributed by atoms with Gasteiger partial charge in [0, 0.05) is 18.7 Å². The van der Waals surface area contributed by atoms with Gasteiger partial charge in [0.2, 0.25) is 5.91 Å². The lowest BCUT2D eigenvalue weighted by Crippen LogP contribution is -2.34. The molecule has 16 heavy (non-hydrogen) atoms. The fourth-order valence-corrected chi connectivity index (χ4v) is 1.38. The summed E-state index contributed by atoms with van der Waals surface area (Å²) in [6.07, 6.45) is 2.44. The molecule has 1 rings (SSSR count). The normalized spacial score (nSPS) is 12.2. The van der Waals surface area contributed by atoms with Crippen molar-refractivity contribution >= 4 is 5.91 Å². The molecule has 0 saturated carbocycles. The molecule has 1 heterocycles. The summed E-state index contributed by atoms with van der Waals surface area (Å²) in [5.41, 5.74) is 6.30. The zero-order chi connectivity index (χ0) is 12.0. The zero-order valence-electron chi connectivity index (χ0n) is 9.73. The Morgan fingerprint density at radius 3 is 2.94 bits per heavy atom. The van der Waals surface area contributed by atoms with E-state index in [2.05, 4.69) is 15.3 Å². The highest BCUT2D eigenvalue weighted by Crippen LogP contribution is 2.01. The van der Waals surface area contributed by atoms with E-state index in [4.69, 9.17) is 5.73 Å². The number of amides is 1. The van der Waals surface area contributed by atoms with Gasteiger partial charge >= 0.3 is 0 Å². The summed E-state index contributed by atoms with van der Waals surface area (Å²) in [7, 11) is 0. The topological polar surface area (TPSA) is 80.9 Å². The van der Waals surface area contributed by atoms with Crippen molar-refractivity contribution in [1.82, 2.24) is 15.3 Å². The van der Waals surface area contributed by atoms with Crippen molar-refractivity contribution in [2.24, 2.45) is 11.7 Å². The second-order valence-electron chi connectivity index (χ2n) is 3.65. The smallest absolute Gasteiger partial charge is 0.224 e. The first-order chi connectivity index (χ1) is 7.67. The number of nitrogens with two attached hydrogens (primary N) is 1. The zero-order valence-corrected chi connectivity index (χ0v) is 9.73. The summed E-state index contributed by atoms with van der Waals surface area (Å²) >= 11 is 0. The van der Waals surface area contributed by atoms with Gasteiger partial charge in [0.25, 0.3) is 0 Å². The lowest BCUT2D eigenvalue weighted by molar-refractivity contribution is -0.124. The lowest BCUT2D eigenvalue weighted by atomic mass is 10.1. The largest absolute Gasteiger partial charge is 0.350 e. The van der Waals surface area contributed by atoms with Crippen LogP contribution in [-0.4, -0.2) is 22.4 Å². The van der Waals surface area contributed by atoms with E-state index in [0.29, 0.717) is 18.9 Å². The summed E-state index contributed by atoms with van der Waals surface area (Å²) in [5.74, 6) is 0.585. The molecule has 1 atom stereocenters. The highest BCUT2D eigenvalue weighted by atomic mass is 16.1. The number of aryl methyl sites for hydroxylation is 1. The van der Waals surface area contributed by atoms with E-state index >= 15 is 0 Å². The Morgan fingerprint density at radius 2 is 2.38 bits per heavy atom. The third-order valence-electron chi connectivity index (χ3n) is 2.43. The van der Waals surface area contributed by atoms with Gasteiger partial charge in [-0.25, -0.2) is 9.97 Å². The second-order valence-corrected chi connectivity index (χ2v) is 3.65. The standard InChI is InChI=1S/C11H18N4O/c1-3-9(6-12)11(16)14-7-10-4-5-13-8(2)15-10/h4-5,9H,3,6-7,12H2,1-2H3,(H,14,16). The van der Waals surface area contributed by atoms with E-state index in [1.54, 1.807) is 12.3 Å². The molecule has 0 radical (unpaired) electrons. The van der Waals surface area contributed by atoms with E-state index in [9.17, 15) is 4.79 Å². The van der Waals surface area contributed by atoms with Crippen LogP contribution in [0, 0.1) is 12.8 Å². The van der Waals surface area contributed by atoms with Gasteiger partial charge in [0.05, 0.1) is 12.2 Å². The van der Waals surface area contributed by atoms with E-state index in [1.165, 1.54) is 0 Å². The Hall–Kier alpha value is -1.49. The second kappa shape index (κ2) is 6.17. The minimum absolute atomic E-state index is 0.0127. The summed E-state index contributed by atoms with van der Waals surface area (Å²) in [6.45, 7) is 4.58. The van der Waals surface area contributed by atoms with E-state index in [-0.39, 0.29) is 11.8 Å². The Morgan fingerprint density at radius 1 is 1.62 bits per heavy atom. The predicted octanol–water partition coefficient (Wildman–Crippen LogP) is 0.386. The average Bonchev–Trinajstić information content (AvgIpc) is 2.28. The molecule has 1 aromatic rings. The molecular weight excluding hydrogens is 204 g/mol. The Kier molecular flexibility index (Phi) is 4.85. The van der Waals surface area contributed by atoms with Gasteiger partial charge in [0.15, 0.2) is 0 Å². The van der Waals surface area contributed by atoms with Crippen molar-refractivity contribution in [3.63, 3.8) is 0 Å². The Labute approximate surface area is 95.5 Å². The minimum Gasteiger partial charge on any atom is -0.350 e. The molecule has 1 aromatic heterocycles. The van der Waals surface area contributed by atoms with Gasteiger partial charge in [-0.3, -0.25) is 4.79 Å². The van der Waals surface area contributed by atoms with Crippen LogP contribution >= 0.6 is 0 Å². The van der Waals surface area contributed by atoms with Crippen molar-refractivity contribution in [1.29, 1.82) is 0 Å². The highest BCUT2D eigenvalue weighted by Gasteiger charge is 2.13. The molecule has 0 aliphatic carbocycles.